The van der Waals surface area contributed by atoms with E-state index in [1.165, 1.54) is 0 Å². The van der Waals surface area contributed by atoms with Crippen molar-refractivity contribution in [2.75, 3.05) is 7.05 Å². The van der Waals surface area contributed by atoms with E-state index < -0.39 is 5.69 Å². The van der Waals surface area contributed by atoms with E-state index in [-0.39, 0.29) is 11.5 Å². The fourth-order valence-electron chi connectivity index (χ4n) is 2.73. The third-order valence-corrected chi connectivity index (χ3v) is 4.03. The Bertz CT molecular complexity index is 1040. The number of aromatic amines is 1. The highest BCUT2D eigenvalue weighted by Crippen LogP contribution is 2.12. The monoisotopic (exact) mass is 338 g/mol. The van der Waals surface area contributed by atoms with Crippen molar-refractivity contribution in [3.8, 4) is 0 Å². The number of hydrogen-bond acceptors (Lipinski definition) is 4. The van der Waals surface area contributed by atoms with Crippen LogP contribution in [0, 0.1) is 0 Å². The molecule has 0 atom stereocenters. The SMILES string of the molecule is CCn1c(=O)[nH]c2cc(C(=O)N(C)Cc3cccnc3)ccc2c1=O. The van der Waals surface area contributed by atoms with Gasteiger partial charge in [0.1, 0.15) is 0 Å². The smallest absolute Gasteiger partial charge is 0.328 e. The van der Waals surface area contributed by atoms with Crippen LogP contribution in [-0.4, -0.2) is 32.4 Å². The number of carbonyl (C=O) groups excluding carboxylic acids is 1. The molecular weight excluding hydrogens is 320 g/mol. The lowest BCUT2D eigenvalue weighted by Gasteiger charge is -2.17. The van der Waals surface area contributed by atoms with E-state index in [4.69, 9.17) is 0 Å². The summed E-state index contributed by atoms with van der Waals surface area (Å²) in [5, 5.41) is 0.382. The number of aromatic nitrogens is 3. The fourth-order valence-corrected chi connectivity index (χ4v) is 2.73. The normalized spacial score (nSPS) is 10.8. The number of amides is 1. The summed E-state index contributed by atoms with van der Waals surface area (Å²) >= 11 is 0. The van der Waals surface area contributed by atoms with Gasteiger partial charge in [0.25, 0.3) is 11.5 Å². The van der Waals surface area contributed by atoms with Gasteiger partial charge in [0.05, 0.1) is 10.9 Å². The molecule has 1 aromatic carbocycles. The molecule has 2 heterocycles. The van der Waals surface area contributed by atoms with Gasteiger partial charge in [-0.2, -0.15) is 0 Å². The molecule has 25 heavy (non-hydrogen) atoms. The number of nitrogens with one attached hydrogen (secondary N) is 1. The highest BCUT2D eigenvalue weighted by atomic mass is 16.2. The number of pyridine rings is 1. The molecule has 0 saturated heterocycles. The predicted octanol–water partition coefficient (Wildman–Crippen LogP) is 1.38. The first-order valence-electron chi connectivity index (χ1n) is 7.92. The molecule has 128 valence electrons. The van der Waals surface area contributed by atoms with Crippen LogP contribution in [0.5, 0.6) is 0 Å². The Balaban J connectivity index is 1.95. The van der Waals surface area contributed by atoms with Crippen LogP contribution in [0.3, 0.4) is 0 Å². The Morgan fingerprint density at radius 2 is 2.08 bits per heavy atom. The average molecular weight is 338 g/mol. The Morgan fingerprint density at radius 3 is 2.76 bits per heavy atom. The third-order valence-electron chi connectivity index (χ3n) is 4.03. The molecule has 0 aliphatic rings. The molecular formula is C18H18N4O3. The summed E-state index contributed by atoms with van der Waals surface area (Å²) in [5.74, 6) is -0.203. The van der Waals surface area contributed by atoms with E-state index in [9.17, 15) is 14.4 Å². The fraction of sp³-hybridized carbons (Fsp3) is 0.222. The van der Waals surface area contributed by atoms with E-state index in [0.717, 1.165) is 10.1 Å². The Labute approximate surface area is 143 Å². The minimum absolute atomic E-state index is 0.203. The van der Waals surface area contributed by atoms with Crippen LogP contribution in [0.4, 0.5) is 0 Å². The van der Waals surface area contributed by atoms with Crippen LogP contribution in [0.15, 0.2) is 52.3 Å². The molecule has 0 unspecified atom stereocenters. The minimum Gasteiger partial charge on any atom is -0.337 e. The molecule has 3 rings (SSSR count). The van der Waals surface area contributed by atoms with Crippen molar-refractivity contribution in [2.45, 2.75) is 20.0 Å². The average Bonchev–Trinajstić information content (AvgIpc) is 2.61. The molecule has 7 heteroatoms. The zero-order chi connectivity index (χ0) is 18.0. The van der Waals surface area contributed by atoms with Gasteiger partial charge in [-0.25, -0.2) is 4.79 Å². The first-order valence-corrected chi connectivity index (χ1v) is 7.92. The van der Waals surface area contributed by atoms with Crippen molar-refractivity contribution < 1.29 is 4.79 Å². The van der Waals surface area contributed by atoms with Crippen LogP contribution in [0.25, 0.3) is 10.9 Å². The lowest BCUT2D eigenvalue weighted by Crippen LogP contribution is -2.34. The number of rotatable bonds is 4. The first kappa shape index (κ1) is 16.6. The number of H-pyrrole nitrogens is 1. The summed E-state index contributed by atoms with van der Waals surface area (Å²) in [6.07, 6.45) is 3.38. The zero-order valence-electron chi connectivity index (χ0n) is 14.0. The summed E-state index contributed by atoms with van der Waals surface area (Å²) in [6, 6.07) is 8.42. The van der Waals surface area contributed by atoms with Crippen molar-refractivity contribution in [3.63, 3.8) is 0 Å². The number of carbonyl (C=O) groups is 1. The Hall–Kier alpha value is -3.22. The largest absolute Gasteiger partial charge is 0.337 e. The van der Waals surface area contributed by atoms with Gasteiger partial charge in [-0.05, 0) is 36.8 Å². The molecule has 1 N–H and O–H groups in total. The van der Waals surface area contributed by atoms with Crippen LogP contribution in [-0.2, 0) is 13.1 Å². The molecule has 0 bridgehead atoms. The van der Waals surface area contributed by atoms with E-state index in [2.05, 4.69) is 9.97 Å². The van der Waals surface area contributed by atoms with E-state index in [1.807, 2.05) is 12.1 Å². The summed E-state index contributed by atoms with van der Waals surface area (Å²) < 4.78 is 1.12. The number of benzene rings is 1. The van der Waals surface area contributed by atoms with E-state index in [0.29, 0.717) is 29.6 Å². The lowest BCUT2D eigenvalue weighted by atomic mass is 10.1. The quantitative estimate of drug-likeness (QED) is 0.778. The van der Waals surface area contributed by atoms with Gasteiger partial charge < -0.3 is 9.88 Å². The molecule has 0 aliphatic heterocycles. The molecule has 1 amide bonds. The highest BCUT2D eigenvalue weighted by Gasteiger charge is 2.14. The van der Waals surface area contributed by atoms with Gasteiger partial charge >= 0.3 is 5.69 Å². The molecule has 0 spiro atoms. The van der Waals surface area contributed by atoms with Crippen molar-refractivity contribution in [1.82, 2.24) is 19.4 Å². The van der Waals surface area contributed by atoms with Gasteiger partial charge in [0.15, 0.2) is 0 Å². The van der Waals surface area contributed by atoms with Gasteiger partial charge in [-0.15, -0.1) is 0 Å². The van der Waals surface area contributed by atoms with Gasteiger partial charge in [0, 0.05) is 38.1 Å². The molecule has 2 aromatic heterocycles. The minimum atomic E-state index is -0.478. The Kier molecular flexibility index (Phi) is 4.47. The molecule has 7 nitrogen and oxygen atoms in total. The topological polar surface area (TPSA) is 88.1 Å². The van der Waals surface area contributed by atoms with Crippen LogP contribution >= 0.6 is 0 Å². The summed E-state index contributed by atoms with van der Waals surface area (Å²) in [4.78, 5) is 45.1. The highest BCUT2D eigenvalue weighted by molar-refractivity contribution is 5.97. The third kappa shape index (κ3) is 3.21. The second kappa shape index (κ2) is 6.72. The van der Waals surface area contributed by atoms with Crippen molar-refractivity contribution in [3.05, 3.63) is 74.7 Å². The molecule has 0 aliphatic carbocycles. The van der Waals surface area contributed by atoms with Crippen molar-refractivity contribution >= 4 is 16.8 Å². The maximum absolute atomic E-state index is 12.6. The summed E-state index contributed by atoms with van der Waals surface area (Å²) in [6.45, 7) is 2.44. The maximum Gasteiger partial charge on any atom is 0.328 e. The Morgan fingerprint density at radius 1 is 1.28 bits per heavy atom. The number of hydrogen-bond donors (Lipinski definition) is 1. The molecule has 0 radical (unpaired) electrons. The summed E-state index contributed by atoms with van der Waals surface area (Å²) in [5.41, 5.74) is 0.846. The zero-order valence-corrected chi connectivity index (χ0v) is 14.0. The number of fused-ring (bicyclic) bond motifs is 1. The first-order chi connectivity index (χ1) is 12.0. The maximum atomic E-state index is 12.6. The molecule has 3 aromatic rings. The van der Waals surface area contributed by atoms with Crippen molar-refractivity contribution in [2.24, 2.45) is 0 Å². The second-order valence-corrected chi connectivity index (χ2v) is 5.76. The van der Waals surface area contributed by atoms with Crippen LogP contribution in [0.1, 0.15) is 22.8 Å². The standard InChI is InChI=1S/C18H18N4O3/c1-3-22-17(24)14-7-6-13(9-15(14)20-18(22)25)16(23)21(2)11-12-5-4-8-19-10-12/h4-10H,3,11H2,1-2H3,(H,20,25). The van der Waals surface area contributed by atoms with Crippen LogP contribution < -0.4 is 11.2 Å². The predicted molar refractivity (Wildman–Crippen MR) is 94.5 cm³/mol. The molecule has 0 fully saturated rings. The lowest BCUT2D eigenvalue weighted by molar-refractivity contribution is 0.0785. The van der Waals surface area contributed by atoms with Gasteiger partial charge in [-0.3, -0.25) is 19.1 Å². The second-order valence-electron chi connectivity index (χ2n) is 5.76. The van der Waals surface area contributed by atoms with E-state index in [1.54, 1.807) is 49.5 Å². The molecule has 0 saturated carbocycles. The van der Waals surface area contributed by atoms with Crippen molar-refractivity contribution in [1.29, 1.82) is 0 Å². The van der Waals surface area contributed by atoms with Gasteiger partial charge in [-0.1, -0.05) is 6.07 Å². The number of nitrogens with zero attached hydrogens (tertiary/aromatic N) is 3. The van der Waals surface area contributed by atoms with Gasteiger partial charge in [0.2, 0.25) is 0 Å². The summed E-state index contributed by atoms with van der Waals surface area (Å²) in [7, 11) is 1.69. The van der Waals surface area contributed by atoms with E-state index >= 15 is 0 Å². The van der Waals surface area contributed by atoms with Crippen LogP contribution in [0.2, 0.25) is 0 Å².